The molecule has 0 aliphatic carbocycles. The predicted molar refractivity (Wildman–Crippen MR) is 81.8 cm³/mol. The molecule has 0 saturated carbocycles. The number of pyridine rings is 1. The minimum absolute atomic E-state index is 0.191. The summed E-state index contributed by atoms with van der Waals surface area (Å²) in [5.74, 6) is -0.676. The fraction of sp³-hybridized carbons (Fsp3) is 0.312. The van der Waals surface area contributed by atoms with Crippen LogP contribution in [0.5, 0.6) is 0 Å². The Balaban J connectivity index is 2.30. The fourth-order valence-electron chi connectivity index (χ4n) is 1.98. The Hall–Kier alpha value is -2.43. The number of benzene rings is 1. The van der Waals surface area contributed by atoms with Crippen LogP contribution in [0.2, 0.25) is 0 Å². The molecule has 0 aliphatic heterocycles. The maximum Gasteiger partial charge on any atom is 0.252 e. The minimum atomic E-state index is -0.784. The van der Waals surface area contributed by atoms with Crippen molar-refractivity contribution in [1.29, 1.82) is 0 Å². The van der Waals surface area contributed by atoms with E-state index in [1.54, 1.807) is 19.9 Å². The summed E-state index contributed by atoms with van der Waals surface area (Å²) in [6, 6.07) is 9.22. The summed E-state index contributed by atoms with van der Waals surface area (Å²) >= 11 is 0. The summed E-state index contributed by atoms with van der Waals surface area (Å²) in [5, 5.41) is 3.56. The molecule has 5 nitrogen and oxygen atoms in total. The van der Waals surface area contributed by atoms with Gasteiger partial charge in [-0.05, 0) is 32.9 Å². The zero-order valence-electron chi connectivity index (χ0n) is 12.4. The van der Waals surface area contributed by atoms with Crippen molar-refractivity contribution in [2.75, 3.05) is 6.54 Å². The van der Waals surface area contributed by atoms with Gasteiger partial charge in [0, 0.05) is 17.6 Å². The lowest BCUT2D eigenvalue weighted by Gasteiger charge is -2.21. The van der Waals surface area contributed by atoms with Crippen molar-refractivity contribution in [3.05, 3.63) is 41.6 Å². The third-order valence-electron chi connectivity index (χ3n) is 3.45. The van der Waals surface area contributed by atoms with Gasteiger partial charge in [-0.3, -0.25) is 14.6 Å². The lowest BCUT2D eigenvalue weighted by atomic mass is 9.92. The topological polar surface area (TPSA) is 85.1 Å². The summed E-state index contributed by atoms with van der Waals surface area (Å²) in [5.41, 5.74) is 6.63. The maximum absolute atomic E-state index is 12.4. The van der Waals surface area contributed by atoms with Crippen molar-refractivity contribution in [2.45, 2.75) is 20.8 Å². The van der Waals surface area contributed by atoms with Crippen molar-refractivity contribution >= 4 is 22.7 Å². The average molecular weight is 285 g/mol. The van der Waals surface area contributed by atoms with Crippen molar-refractivity contribution in [2.24, 2.45) is 11.1 Å². The van der Waals surface area contributed by atoms with Gasteiger partial charge in [0.2, 0.25) is 5.91 Å². The molecule has 0 fully saturated rings. The van der Waals surface area contributed by atoms with E-state index in [1.165, 1.54) is 0 Å². The molecule has 1 aromatic heterocycles. The van der Waals surface area contributed by atoms with Crippen LogP contribution in [0.4, 0.5) is 0 Å². The number of nitrogens with zero attached hydrogens (tertiary/aromatic N) is 1. The van der Waals surface area contributed by atoms with Gasteiger partial charge in [0.1, 0.15) is 0 Å². The first-order valence-corrected chi connectivity index (χ1v) is 6.76. The van der Waals surface area contributed by atoms with Gasteiger partial charge in [0.15, 0.2) is 0 Å². The number of primary amides is 1. The van der Waals surface area contributed by atoms with Crippen LogP contribution in [-0.4, -0.2) is 23.3 Å². The molecular formula is C16H19N3O2. The largest absolute Gasteiger partial charge is 0.369 e. The molecule has 0 atom stereocenters. The highest BCUT2D eigenvalue weighted by Gasteiger charge is 2.26. The number of hydrogen-bond acceptors (Lipinski definition) is 3. The van der Waals surface area contributed by atoms with Crippen LogP contribution in [0, 0.1) is 12.3 Å². The molecule has 0 radical (unpaired) electrons. The molecule has 2 aromatic rings. The Labute approximate surface area is 123 Å². The smallest absolute Gasteiger partial charge is 0.252 e. The standard InChI is InChI=1S/C16H19N3O2/c1-10-8-12(11-6-4-5-7-13(11)19-10)14(20)18-9-16(2,3)15(17)21/h4-8H,9H2,1-3H3,(H2,17,21)(H,18,20). The van der Waals surface area contributed by atoms with Crippen molar-refractivity contribution in [3.63, 3.8) is 0 Å². The number of rotatable bonds is 4. The molecule has 0 saturated heterocycles. The van der Waals surface area contributed by atoms with E-state index in [0.29, 0.717) is 5.56 Å². The van der Waals surface area contributed by atoms with Gasteiger partial charge in [-0.1, -0.05) is 18.2 Å². The lowest BCUT2D eigenvalue weighted by molar-refractivity contribution is -0.125. The number of nitrogens with two attached hydrogens (primary N) is 1. The summed E-state index contributed by atoms with van der Waals surface area (Å²) in [6.07, 6.45) is 0. The molecule has 2 rings (SSSR count). The number of hydrogen-bond donors (Lipinski definition) is 2. The number of amides is 2. The van der Waals surface area contributed by atoms with Gasteiger partial charge in [0.25, 0.3) is 5.91 Å². The summed E-state index contributed by atoms with van der Waals surface area (Å²) in [4.78, 5) is 28.1. The molecule has 0 spiro atoms. The lowest BCUT2D eigenvalue weighted by Crippen LogP contribution is -2.42. The second-order valence-electron chi connectivity index (χ2n) is 5.76. The number of aromatic nitrogens is 1. The van der Waals surface area contributed by atoms with Gasteiger partial charge in [-0.15, -0.1) is 0 Å². The Morgan fingerprint density at radius 1 is 1.29 bits per heavy atom. The quantitative estimate of drug-likeness (QED) is 0.898. The van der Waals surface area contributed by atoms with E-state index in [0.717, 1.165) is 16.6 Å². The second-order valence-corrected chi connectivity index (χ2v) is 5.76. The van der Waals surface area contributed by atoms with Gasteiger partial charge in [-0.25, -0.2) is 0 Å². The van der Waals surface area contributed by atoms with E-state index in [-0.39, 0.29) is 12.5 Å². The first-order valence-electron chi connectivity index (χ1n) is 6.76. The fourth-order valence-corrected chi connectivity index (χ4v) is 1.98. The number of fused-ring (bicyclic) bond motifs is 1. The number of nitrogens with one attached hydrogen (secondary N) is 1. The Morgan fingerprint density at radius 3 is 2.62 bits per heavy atom. The van der Waals surface area contributed by atoms with E-state index in [4.69, 9.17) is 5.73 Å². The van der Waals surface area contributed by atoms with Crippen LogP contribution in [-0.2, 0) is 4.79 Å². The summed E-state index contributed by atoms with van der Waals surface area (Å²) in [6.45, 7) is 5.43. The molecule has 0 aliphatic rings. The maximum atomic E-state index is 12.4. The van der Waals surface area contributed by atoms with Crippen LogP contribution in [0.3, 0.4) is 0 Å². The van der Waals surface area contributed by atoms with Crippen LogP contribution in [0.25, 0.3) is 10.9 Å². The Morgan fingerprint density at radius 2 is 1.95 bits per heavy atom. The number of carbonyl (C=O) groups is 2. The Kier molecular flexibility index (Phi) is 3.93. The van der Waals surface area contributed by atoms with E-state index < -0.39 is 11.3 Å². The minimum Gasteiger partial charge on any atom is -0.369 e. The summed E-state index contributed by atoms with van der Waals surface area (Å²) < 4.78 is 0. The first-order chi connectivity index (χ1) is 9.81. The van der Waals surface area contributed by atoms with E-state index in [9.17, 15) is 9.59 Å². The highest BCUT2D eigenvalue weighted by atomic mass is 16.2. The number of carbonyl (C=O) groups excluding carboxylic acids is 2. The Bertz CT molecular complexity index is 708. The van der Waals surface area contributed by atoms with Crippen LogP contribution in [0.15, 0.2) is 30.3 Å². The predicted octanol–water partition coefficient (Wildman–Crippen LogP) is 1.78. The second kappa shape index (κ2) is 5.52. The van der Waals surface area contributed by atoms with Crippen LogP contribution < -0.4 is 11.1 Å². The third kappa shape index (κ3) is 3.18. The van der Waals surface area contributed by atoms with E-state index in [2.05, 4.69) is 10.3 Å². The van der Waals surface area contributed by atoms with Crippen molar-refractivity contribution < 1.29 is 9.59 Å². The SMILES string of the molecule is Cc1cc(C(=O)NCC(C)(C)C(N)=O)c2ccccc2n1. The highest BCUT2D eigenvalue weighted by molar-refractivity contribution is 6.06. The van der Waals surface area contributed by atoms with Gasteiger partial charge >= 0.3 is 0 Å². The molecule has 5 heteroatoms. The molecule has 0 unspecified atom stereocenters. The number of aryl methyl sites for hydroxylation is 1. The van der Waals surface area contributed by atoms with Crippen molar-refractivity contribution in [1.82, 2.24) is 10.3 Å². The van der Waals surface area contributed by atoms with Crippen molar-refractivity contribution in [3.8, 4) is 0 Å². The molecular weight excluding hydrogens is 266 g/mol. The van der Waals surface area contributed by atoms with Gasteiger partial charge < -0.3 is 11.1 Å². The zero-order chi connectivity index (χ0) is 15.6. The summed E-state index contributed by atoms with van der Waals surface area (Å²) in [7, 11) is 0. The number of para-hydroxylation sites is 1. The highest BCUT2D eigenvalue weighted by Crippen LogP contribution is 2.19. The first kappa shape index (κ1) is 15.0. The third-order valence-corrected chi connectivity index (χ3v) is 3.45. The van der Waals surface area contributed by atoms with Crippen LogP contribution in [0.1, 0.15) is 29.9 Å². The zero-order valence-corrected chi connectivity index (χ0v) is 12.4. The molecule has 110 valence electrons. The molecule has 3 N–H and O–H groups in total. The molecule has 1 aromatic carbocycles. The molecule has 2 amide bonds. The van der Waals surface area contributed by atoms with Gasteiger partial charge in [0.05, 0.1) is 16.5 Å². The monoisotopic (exact) mass is 285 g/mol. The average Bonchev–Trinajstić information content (AvgIpc) is 2.43. The molecule has 21 heavy (non-hydrogen) atoms. The van der Waals surface area contributed by atoms with Gasteiger partial charge in [-0.2, -0.15) is 0 Å². The van der Waals surface area contributed by atoms with E-state index >= 15 is 0 Å². The normalized spacial score (nSPS) is 11.4. The molecule has 0 bridgehead atoms. The van der Waals surface area contributed by atoms with Crippen LogP contribution >= 0.6 is 0 Å². The van der Waals surface area contributed by atoms with E-state index in [1.807, 2.05) is 31.2 Å². The molecule has 1 heterocycles.